The molecule has 0 fully saturated rings. The number of sulfone groups is 1. The van der Waals surface area contributed by atoms with Gasteiger partial charge < -0.3 is 9.32 Å². The second-order valence-electron chi connectivity index (χ2n) is 6.86. The van der Waals surface area contributed by atoms with Crippen molar-refractivity contribution in [3.63, 3.8) is 0 Å². The molecule has 0 unspecified atom stereocenters. The summed E-state index contributed by atoms with van der Waals surface area (Å²) in [5.74, 6) is 0.773. The third-order valence-electron chi connectivity index (χ3n) is 4.64. The van der Waals surface area contributed by atoms with E-state index in [4.69, 9.17) is 4.42 Å². The topological polar surface area (TPSA) is 67.6 Å². The number of hydrogen-bond donors (Lipinski definition) is 0. The highest BCUT2D eigenvalue weighted by molar-refractivity contribution is 7.90. The van der Waals surface area contributed by atoms with Crippen LogP contribution in [0.2, 0.25) is 0 Å². The molecule has 0 spiro atoms. The van der Waals surface area contributed by atoms with Crippen LogP contribution in [0.4, 0.5) is 0 Å². The van der Waals surface area contributed by atoms with Crippen molar-refractivity contribution in [3.05, 3.63) is 71.1 Å². The first-order valence-corrected chi connectivity index (χ1v) is 10.9. The van der Waals surface area contributed by atoms with E-state index in [1.807, 2.05) is 44.2 Å². The van der Waals surface area contributed by atoms with E-state index in [0.29, 0.717) is 24.0 Å². The standard InChI is InChI=1S/C22H23NO4S/c1-5-17-10-16-11-18(28(4,25)26)12-20(22(16)27-17)21(13-23(3)14-24)19-9-7-6-8-15(19)2/h6-14H,5H2,1-4H3/b21-13+. The molecule has 2 aromatic carbocycles. The van der Waals surface area contributed by atoms with E-state index in [0.717, 1.165) is 27.8 Å². The van der Waals surface area contributed by atoms with Gasteiger partial charge in [0, 0.05) is 42.4 Å². The van der Waals surface area contributed by atoms with E-state index in [1.165, 1.54) is 11.2 Å². The molecule has 3 aromatic rings. The van der Waals surface area contributed by atoms with E-state index in [9.17, 15) is 13.2 Å². The lowest BCUT2D eigenvalue weighted by Gasteiger charge is -2.15. The normalized spacial score (nSPS) is 12.4. The van der Waals surface area contributed by atoms with Gasteiger partial charge in [-0.2, -0.15) is 0 Å². The van der Waals surface area contributed by atoms with Gasteiger partial charge in [0.05, 0.1) is 4.90 Å². The van der Waals surface area contributed by atoms with Crippen molar-refractivity contribution < 1.29 is 17.6 Å². The lowest BCUT2D eigenvalue weighted by molar-refractivity contribution is -0.114. The maximum Gasteiger partial charge on any atom is 0.213 e. The second kappa shape index (κ2) is 7.64. The SMILES string of the molecule is CCc1cc2cc(S(C)(=O)=O)cc(/C(=C/N(C)C=O)c3ccccc3C)c2o1. The zero-order valence-corrected chi connectivity index (χ0v) is 17.2. The van der Waals surface area contributed by atoms with Gasteiger partial charge in [0.25, 0.3) is 0 Å². The number of nitrogens with zero attached hydrogens (tertiary/aromatic N) is 1. The molecule has 0 saturated carbocycles. The van der Waals surface area contributed by atoms with Crippen LogP contribution in [0.25, 0.3) is 16.5 Å². The molecule has 146 valence electrons. The van der Waals surface area contributed by atoms with Gasteiger partial charge >= 0.3 is 0 Å². The number of benzene rings is 2. The van der Waals surface area contributed by atoms with Gasteiger partial charge in [-0.3, -0.25) is 4.79 Å². The van der Waals surface area contributed by atoms with E-state index < -0.39 is 9.84 Å². The quantitative estimate of drug-likeness (QED) is 0.585. The van der Waals surface area contributed by atoms with Crippen molar-refractivity contribution >= 4 is 32.8 Å². The molecule has 1 heterocycles. The Hall–Kier alpha value is -2.86. The molecule has 0 aliphatic carbocycles. The van der Waals surface area contributed by atoms with Crippen LogP contribution in [0.15, 0.2) is 58.0 Å². The van der Waals surface area contributed by atoms with Gasteiger partial charge in [0.1, 0.15) is 11.3 Å². The number of hydrogen-bond acceptors (Lipinski definition) is 4. The van der Waals surface area contributed by atoms with Crippen LogP contribution in [0.1, 0.15) is 29.4 Å². The smallest absolute Gasteiger partial charge is 0.213 e. The molecule has 28 heavy (non-hydrogen) atoms. The van der Waals surface area contributed by atoms with Crippen LogP contribution in [-0.2, 0) is 21.1 Å². The van der Waals surface area contributed by atoms with Crippen LogP contribution >= 0.6 is 0 Å². The number of carbonyl (C=O) groups excluding carboxylic acids is 1. The Labute approximate surface area is 165 Å². The summed E-state index contributed by atoms with van der Waals surface area (Å²) in [6.45, 7) is 3.95. The van der Waals surface area contributed by atoms with Crippen molar-refractivity contribution in [2.24, 2.45) is 0 Å². The molecular formula is C22H23NO4S. The fourth-order valence-corrected chi connectivity index (χ4v) is 3.83. The van der Waals surface area contributed by atoms with Gasteiger partial charge in [0.2, 0.25) is 6.41 Å². The Bertz CT molecular complexity index is 1170. The number of rotatable bonds is 6. The van der Waals surface area contributed by atoms with Gasteiger partial charge in [0.15, 0.2) is 9.84 Å². The number of fused-ring (bicyclic) bond motifs is 1. The lowest BCUT2D eigenvalue weighted by atomic mass is 9.94. The van der Waals surface area contributed by atoms with Gasteiger partial charge in [-0.25, -0.2) is 8.42 Å². The maximum atomic E-state index is 12.3. The van der Waals surface area contributed by atoms with Crippen LogP contribution in [-0.4, -0.2) is 33.0 Å². The molecule has 1 amide bonds. The highest BCUT2D eigenvalue weighted by Gasteiger charge is 2.20. The molecule has 1 aromatic heterocycles. The zero-order valence-electron chi connectivity index (χ0n) is 16.4. The molecule has 0 aliphatic rings. The molecular weight excluding hydrogens is 374 g/mol. The van der Waals surface area contributed by atoms with Crippen molar-refractivity contribution in [2.75, 3.05) is 13.3 Å². The molecule has 0 saturated heterocycles. The minimum atomic E-state index is -3.43. The minimum absolute atomic E-state index is 0.215. The summed E-state index contributed by atoms with van der Waals surface area (Å²) in [6, 6.07) is 12.9. The molecule has 0 bridgehead atoms. The lowest BCUT2D eigenvalue weighted by Crippen LogP contribution is -2.09. The summed E-state index contributed by atoms with van der Waals surface area (Å²) in [5.41, 5.74) is 3.88. The third kappa shape index (κ3) is 3.87. The summed E-state index contributed by atoms with van der Waals surface area (Å²) in [6.07, 6.45) is 4.28. The Morgan fingerprint density at radius 1 is 1.14 bits per heavy atom. The summed E-state index contributed by atoms with van der Waals surface area (Å²) >= 11 is 0. The fourth-order valence-electron chi connectivity index (χ4n) is 3.16. The minimum Gasteiger partial charge on any atom is -0.460 e. The summed E-state index contributed by atoms with van der Waals surface area (Å²) in [4.78, 5) is 12.9. The van der Waals surface area contributed by atoms with E-state index >= 15 is 0 Å². The average Bonchev–Trinajstić information content (AvgIpc) is 3.08. The Kier molecular flexibility index (Phi) is 5.42. The Morgan fingerprint density at radius 3 is 2.46 bits per heavy atom. The number of aryl methyl sites for hydroxylation is 2. The molecule has 0 N–H and O–H groups in total. The molecule has 5 nitrogen and oxygen atoms in total. The highest BCUT2D eigenvalue weighted by atomic mass is 32.2. The van der Waals surface area contributed by atoms with Crippen molar-refractivity contribution in [1.82, 2.24) is 4.90 Å². The van der Waals surface area contributed by atoms with E-state index in [2.05, 4.69) is 0 Å². The number of carbonyl (C=O) groups is 1. The van der Waals surface area contributed by atoms with Crippen LogP contribution in [0.5, 0.6) is 0 Å². The molecule has 0 aliphatic heterocycles. The van der Waals surface area contributed by atoms with Gasteiger partial charge in [-0.1, -0.05) is 31.2 Å². The third-order valence-corrected chi connectivity index (χ3v) is 5.73. The largest absolute Gasteiger partial charge is 0.460 e. The first-order chi connectivity index (χ1) is 13.2. The predicted molar refractivity (Wildman–Crippen MR) is 111 cm³/mol. The molecule has 3 rings (SSSR count). The summed E-state index contributed by atoms with van der Waals surface area (Å²) < 4.78 is 30.6. The summed E-state index contributed by atoms with van der Waals surface area (Å²) in [7, 11) is -1.78. The van der Waals surface area contributed by atoms with Gasteiger partial charge in [-0.15, -0.1) is 0 Å². The van der Waals surface area contributed by atoms with Crippen LogP contribution < -0.4 is 0 Å². The van der Waals surface area contributed by atoms with Crippen molar-refractivity contribution in [2.45, 2.75) is 25.2 Å². The van der Waals surface area contributed by atoms with Crippen LogP contribution in [0, 0.1) is 6.92 Å². The maximum absolute atomic E-state index is 12.3. The fraction of sp³-hybridized carbons (Fsp3) is 0.227. The van der Waals surface area contributed by atoms with E-state index in [-0.39, 0.29) is 4.90 Å². The second-order valence-corrected chi connectivity index (χ2v) is 8.87. The first kappa shape index (κ1) is 19.9. The number of furan rings is 1. The Morgan fingerprint density at radius 2 is 1.86 bits per heavy atom. The Balaban J connectivity index is 2.42. The molecule has 0 radical (unpaired) electrons. The highest BCUT2D eigenvalue weighted by Crippen LogP contribution is 2.35. The first-order valence-electron chi connectivity index (χ1n) is 8.96. The average molecular weight is 397 g/mol. The van der Waals surface area contributed by atoms with Gasteiger partial charge in [-0.05, 0) is 36.2 Å². The van der Waals surface area contributed by atoms with E-state index in [1.54, 1.807) is 25.4 Å². The summed E-state index contributed by atoms with van der Waals surface area (Å²) in [5, 5.41) is 0.725. The van der Waals surface area contributed by atoms with Crippen molar-refractivity contribution in [1.29, 1.82) is 0 Å². The van der Waals surface area contributed by atoms with Crippen LogP contribution in [0.3, 0.4) is 0 Å². The zero-order chi connectivity index (χ0) is 20.5. The predicted octanol–water partition coefficient (Wildman–Crippen LogP) is 4.18. The van der Waals surface area contributed by atoms with Crippen molar-refractivity contribution in [3.8, 4) is 0 Å². The molecule has 6 heteroatoms. The monoisotopic (exact) mass is 397 g/mol. The molecule has 0 atom stereocenters. The number of amides is 1.